The van der Waals surface area contributed by atoms with Crippen LogP contribution in [0, 0.1) is 6.92 Å². The fourth-order valence-electron chi connectivity index (χ4n) is 2.61. The maximum atomic E-state index is 10.4. The molecule has 0 atom stereocenters. The number of carboxylic acid groups (broad SMARTS) is 1. The molecule has 0 amide bonds. The lowest BCUT2D eigenvalue weighted by Gasteiger charge is -2.09. The average molecular weight is 282 g/mol. The van der Waals surface area contributed by atoms with Crippen molar-refractivity contribution in [2.75, 3.05) is 0 Å². The average Bonchev–Trinajstić information content (AvgIpc) is 2.47. The predicted octanol–water partition coefficient (Wildman–Crippen LogP) is 4.85. The van der Waals surface area contributed by atoms with E-state index in [4.69, 9.17) is 5.11 Å². The second-order valence-electron chi connectivity index (χ2n) is 5.47. The van der Waals surface area contributed by atoms with E-state index < -0.39 is 5.97 Å². The maximum Gasteiger partial charge on any atom is 0.303 e. The molecular weight excluding hydrogens is 260 g/mol. The topological polar surface area (TPSA) is 37.3 Å². The monoisotopic (exact) mass is 282 g/mol. The number of rotatable bonds is 7. The summed E-state index contributed by atoms with van der Waals surface area (Å²) in [6, 6.07) is 17.0. The SMILES string of the molecule is Cc1cc(CCCCCC(=O)O)ccc1-c1ccccc1. The largest absolute Gasteiger partial charge is 0.481 e. The van der Waals surface area contributed by atoms with Crippen molar-refractivity contribution in [1.82, 2.24) is 0 Å². The van der Waals surface area contributed by atoms with Crippen molar-refractivity contribution in [3.63, 3.8) is 0 Å². The smallest absolute Gasteiger partial charge is 0.303 e. The zero-order chi connectivity index (χ0) is 15.1. The molecule has 0 heterocycles. The molecule has 0 radical (unpaired) electrons. The molecule has 2 heteroatoms. The molecule has 0 aliphatic heterocycles. The van der Waals surface area contributed by atoms with E-state index in [9.17, 15) is 4.79 Å². The predicted molar refractivity (Wildman–Crippen MR) is 86.4 cm³/mol. The van der Waals surface area contributed by atoms with E-state index in [2.05, 4.69) is 49.4 Å². The van der Waals surface area contributed by atoms with E-state index >= 15 is 0 Å². The first-order valence-corrected chi connectivity index (χ1v) is 7.53. The van der Waals surface area contributed by atoms with E-state index in [-0.39, 0.29) is 6.42 Å². The number of hydrogen-bond donors (Lipinski definition) is 1. The van der Waals surface area contributed by atoms with Crippen molar-refractivity contribution < 1.29 is 9.90 Å². The summed E-state index contributed by atoms with van der Waals surface area (Å²) in [5, 5.41) is 8.61. The molecular formula is C19H22O2. The van der Waals surface area contributed by atoms with Crippen LogP contribution in [0.4, 0.5) is 0 Å². The van der Waals surface area contributed by atoms with E-state index in [1.165, 1.54) is 22.3 Å². The third-order valence-corrected chi connectivity index (χ3v) is 3.73. The van der Waals surface area contributed by atoms with Gasteiger partial charge in [-0.05, 0) is 48.4 Å². The van der Waals surface area contributed by atoms with Gasteiger partial charge in [0.2, 0.25) is 0 Å². The molecule has 0 fully saturated rings. The second-order valence-corrected chi connectivity index (χ2v) is 5.47. The van der Waals surface area contributed by atoms with Crippen LogP contribution in [-0.2, 0) is 11.2 Å². The molecule has 1 N–H and O–H groups in total. The quantitative estimate of drug-likeness (QED) is 0.737. The Labute approximate surface area is 126 Å². The van der Waals surface area contributed by atoms with Gasteiger partial charge < -0.3 is 5.11 Å². The number of unbranched alkanes of at least 4 members (excludes halogenated alkanes) is 2. The Morgan fingerprint density at radius 2 is 1.76 bits per heavy atom. The Balaban J connectivity index is 1.92. The van der Waals surface area contributed by atoms with Crippen LogP contribution in [-0.4, -0.2) is 11.1 Å². The van der Waals surface area contributed by atoms with Crippen LogP contribution in [0.1, 0.15) is 36.8 Å². The summed E-state index contributed by atoms with van der Waals surface area (Å²) in [5.41, 5.74) is 5.17. The first-order valence-electron chi connectivity index (χ1n) is 7.53. The van der Waals surface area contributed by atoms with Crippen LogP contribution < -0.4 is 0 Å². The summed E-state index contributed by atoms with van der Waals surface area (Å²) in [6.45, 7) is 2.15. The van der Waals surface area contributed by atoms with Crippen molar-refractivity contribution in [2.24, 2.45) is 0 Å². The molecule has 0 unspecified atom stereocenters. The van der Waals surface area contributed by atoms with Crippen molar-refractivity contribution >= 4 is 5.97 Å². The molecule has 0 aromatic heterocycles. The molecule has 2 rings (SSSR count). The van der Waals surface area contributed by atoms with Crippen LogP contribution in [0.25, 0.3) is 11.1 Å². The summed E-state index contributed by atoms with van der Waals surface area (Å²) in [5.74, 6) is -0.696. The molecule has 0 spiro atoms. The number of aliphatic carboxylic acids is 1. The zero-order valence-electron chi connectivity index (χ0n) is 12.5. The molecule has 0 saturated carbocycles. The normalized spacial score (nSPS) is 10.5. The van der Waals surface area contributed by atoms with Gasteiger partial charge in [-0.2, -0.15) is 0 Å². The van der Waals surface area contributed by atoms with Crippen LogP contribution in [0.15, 0.2) is 48.5 Å². The van der Waals surface area contributed by atoms with Crippen molar-refractivity contribution in [2.45, 2.75) is 39.0 Å². The highest BCUT2D eigenvalue weighted by Gasteiger charge is 2.03. The molecule has 21 heavy (non-hydrogen) atoms. The van der Waals surface area contributed by atoms with Gasteiger partial charge in [0.05, 0.1) is 0 Å². The van der Waals surface area contributed by atoms with Crippen LogP contribution in [0.5, 0.6) is 0 Å². The van der Waals surface area contributed by atoms with Crippen molar-refractivity contribution in [1.29, 1.82) is 0 Å². The lowest BCUT2D eigenvalue weighted by molar-refractivity contribution is -0.137. The summed E-state index contributed by atoms with van der Waals surface area (Å²) in [6.07, 6.45) is 4.11. The highest BCUT2D eigenvalue weighted by Crippen LogP contribution is 2.24. The number of carbonyl (C=O) groups is 1. The Hall–Kier alpha value is -2.09. The van der Waals surface area contributed by atoms with E-state index in [0.29, 0.717) is 0 Å². The van der Waals surface area contributed by atoms with Gasteiger partial charge >= 0.3 is 5.97 Å². The second kappa shape index (κ2) is 7.63. The number of carboxylic acids is 1. The summed E-state index contributed by atoms with van der Waals surface area (Å²) in [4.78, 5) is 10.4. The molecule has 2 nitrogen and oxygen atoms in total. The Kier molecular flexibility index (Phi) is 5.56. The molecule has 0 saturated heterocycles. The van der Waals surface area contributed by atoms with Gasteiger partial charge in [-0.3, -0.25) is 4.79 Å². The van der Waals surface area contributed by atoms with Crippen LogP contribution >= 0.6 is 0 Å². The van der Waals surface area contributed by atoms with E-state index in [0.717, 1.165) is 25.7 Å². The molecule has 0 bridgehead atoms. The number of aryl methyl sites for hydroxylation is 2. The minimum atomic E-state index is -0.696. The standard InChI is InChI=1S/C19H22O2/c1-15-14-16(8-4-2-7-11-19(20)21)12-13-18(15)17-9-5-3-6-10-17/h3,5-6,9-10,12-14H,2,4,7-8,11H2,1H3,(H,20,21). The molecule has 0 aliphatic carbocycles. The zero-order valence-corrected chi connectivity index (χ0v) is 12.5. The van der Waals surface area contributed by atoms with E-state index in [1.807, 2.05) is 6.07 Å². The van der Waals surface area contributed by atoms with E-state index in [1.54, 1.807) is 0 Å². The highest BCUT2D eigenvalue weighted by atomic mass is 16.4. The first kappa shape index (κ1) is 15.3. The van der Waals surface area contributed by atoms with Crippen molar-refractivity contribution in [3.05, 3.63) is 59.7 Å². The lowest BCUT2D eigenvalue weighted by Crippen LogP contribution is -1.94. The number of benzene rings is 2. The van der Waals surface area contributed by atoms with Gasteiger partial charge in [-0.15, -0.1) is 0 Å². The summed E-state index contributed by atoms with van der Waals surface area (Å²) >= 11 is 0. The third-order valence-electron chi connectivity index (χ3n) is 3.73. The summed E-state index contributed by atoms with van der Waals surface area (Å²) < 4.78 is 0. The molecule has 2 aromatic carbocycles. The Morgan fingerprint density at radius 3 is 2.43 bits per heavy atom. The van der Waals surface area contributed by atoms with Gasteiger partial charge in [0.15, 0.2) is 0 Å². The fourth-order valence-corrected chi connectivity index (χ4v) is 2.61. The van der Waals surface area contributed by atoms with Crippen molar-refractivity contribution in [3.8, 4) is 11.1 Å². The van der Waals surface area contributed by atoms with Crippen LogP contribution in [0.3, 0.4) is 0 Å². The Bertz CT molecular complexity index is 588. The van der Waals surface area contributed by atoms with Gasteiger partial charge in [-0.1, -0.05) is 55.0 Å². The third kappa shape index (κ3) is 4.75. The maximum absolute atomic E-state index is 10.4. The van der Waals surface area contributed by atoms with Crippen LogP contribution in [0.2, 0.25) is 0 Å². The molecule has 2 aromatic rings. The molecule has 110 valence electrons. The van der Waals surface area contributed by atoms with Gasteiger partial charge in [-0.25, -0.2) is 0 Å². The van der Waals surface area contributed by atoms with Gasteiger partial charge in [0.1, 0.15) is 0 Å². The molecule has 0 aliphatic rings. The minimum Gasteiger partial charge on any atom is -0.481 e. The lowest BCUT2D eigenvalue weighted by atomic mass is 9.96. The Morgan fingerprint density at radius 1 is 1.00 bits per heavy atom. The number of hydrogen-bond acceptors (Lipinski definition) is 1. The highest BCUT2D eigenvalue weighted by molar-refractivity contribution is 5.67. The minimum absolute atomic E-state index is 0.284. The van der Waals surface area contributed by atoms with Gasteiger partial charge in [0, 0.05) is 6.42 Å². The fraction of sp³-hybridized carbons (Fsp3) is 0.316. The van der Waals surface area contributed by atoms with Gasteiger partial charge in [0.25, 0.3) is 0 Å². The first-order chi connectivity index (χ1) is 10.2. The summed E-state index contributed by atoms with van der Waals surface area (Å²) in [7, 11) is 0.